The standard InChI is InChI=1S/C10H2Cl8O3/c11-1-2(12)6(15)7(16)3(13)4(14)8(17,10(7,20)21)9(6,18)5(1)19/h20-21H/t6-,7+,8-,9+/m1/s1. The maximum Gasteiger partial charge on any atom is 0.217 e. The van der Waals surface area contributed by atoms with Crippen LogP contribution in [0.4, 0.5) is 0 Å². The second-order valence-corrected chi connectivity index (χ2v) is 8.67. The Labute approximate surface area is 158 Å². The van der Waals surface area contributed by atoms with Crippen molar-refractivity contribution in [2.75, 3.05) is 0 Å². The Morgan fingerprint density at radius 2 is 1.05 bits per heavy atom. The van der Waals surface area contributed by atoms with Gasteiger partial charge in [0, 0.05) is 0 Å². The number of hydrogen-bond acceptors (Lipinski definition) is 3. The average Bonchev–Trinajstić information content (AvgIpc) is 2.67. The highest BCUT2D eigenvalue weighted by atomic mass is 35.5. The van der Waals surface area contributed by atoms with Crippen molar-refractivity contribution in [1.82, 2.24) is 0 Å². The fourth-order valence-electron chi connectivity index (χ4n) is 3.12. The summed E-state index contributed by atoms with van der Waals surface area (Å²) < 4.78 is 0. The molecule has 11 heteroatoms. The summed E-state index contributed by atoms with van der Waals surface area (Å²) in [5.41, 5.74) is 0. The third kappa shape index (κ3) is 1.18. The molecule has 116 valence electrons. The molecule has 2 bridgehead atoms. The van der Waals surface area contributed by atoms with Crippen LogP contribution in [-0.2, 0) is 4.79 Å². The molecule has 0 aromatic heterocycles. The van der Waals surface area contributed by atoms with Gasteiger partial charge in [0.2, 0.25) is 11.6 Å². The van der Waals surface area contributed by atoms with E-state index in [1.54, 1.807) is 0 Å². The topological polar surface area (TPSA) is 57.5 Å². The minimum atomic E-state index is -3.06. The third-order valence-electron chi connectivity index (χ3n) is 4.19. The number of rotatable bonds is 0. The van der Waals surface area contributed by atoms with Crippen molar-refractivity contribution >= 4 is 98.6 Å². The van der Waals surface area contributed by atoms with Crippen molar-refractivity contribution in [2.45, 2.75) is 25.3 Å². The predicted octanol–water partition coefficient (Wildman–Crippen LogP) is 3.57. The van der Waals surface area contributed by atoms with Crippen LogP contribution in [0, 0.1) is 0 Å². The maximum atomic E-state index is 12.4. The summed E-state index contributed by atoms with van der Waals surface area (Å²) in [5, 5.41) is 18.9. The van der Waals surface area contributed by atoms with E-state index in [0.717, 1.165) is 0 Å². The van der Waals surface area contributed by atoms with Crippen molar-refractivity contribution in [3.63, 3.8) is 0 Å². The van der Waals surface area contributed by atoms with Crippen LogP contribution >= 0.6 is 92.8 Å². The van der Waals surface area contributed by atoms with Gasteiger partial charge in [0.25, 0.3) is 0 Å². The van der Waals surface area contributed by atoms with E-state index in [9.17, 15) is 15.0 Å². The van der Waals surface area contributed by atoms with Gasteiger partial charge < -0.3 is 10.2 Å². The van der Waals surface area contributed by atoms with Gasteiger partial charge in [-0.05, 0) is 0 Å². The lowest BCUT2D eigenvalue weighted by molar-refractivity contribution is -0.175. The monoisotopic (exact) mass is 450 g/mol. The molecule has 0 unspecified atom stereocenters. The lowest BCUT2D eigenvalue weighted by Gasteiger charge is -2.43. The minimum absolute atomic E-state index is 0.477. The Morgan fingerprint density at radius 1 is 0.667 bits per heavy atom. The van der Waals surface area contributed by atoms with E-state index < -0.39 is 51.2 Å². The fraction of sp³-hybridized carbons (Fsp3) is 0.500. The SMILES string of the molecule is O=C1C(Cl)=C(Cl)[C@]2(Cl)[C@]1(Cl)[C@]1(Cl)C(Cl)=C(Cl)[C@@]2(Cl)C1(O)O. The van der Waals surface area contributed by atoms with Gasteiger partial charge >= 0.3 is 0 Å². The average molecular weight is 454 g/mol. The zero-order valence-electron chi connectivity index (χ0n) is 9.33. The number of carbonyl (C=O) groups is 1. The number of fused-ring (bicyclic) bond motifs is 5. The van der Waals surface area contributed by atoms with E-state index >= 15 is 0 Å². The molecule has 0 aromatic carbocycles. The van der Waals surface area contributed by atoms with E-state index in [0.29, 0.717) is 0 Å². The summed E-state index contributed by atoms with van der Waals surface area (Å²) in [6, 6.07) is 0. The summed E-state index contributed by atoms with van der Waals surface area (Å²) in [6.45, 7) is 0. The smallest absolute Gasteiger partial charge is 0.217 e. The second-order valence-electron chi connectivity index (χ2n) is 4.89. The Balaban J connectivity index is 2.55. The summed E-state index contributed by atoms with van der Waals surface area (Å²) in [4.78, 5) is 2.70. The first-order valence-electron chi connectivity index (χ1n) is 5.16. The molecule has 0 saturated heterocycles. The molecule has 3 nitrogen and oxygen atoms in total. The van der Waals surface area contributed by atoms with Gasteiger partial charge in [-0.2, -0.15) is 0 Å². The van der Waals surface area contributed by atoms with Crippen LogP contribution in [0.3, 0.4) is 0 Å². The maximum absolute atomic E-state index is 12.4. The van der Waals surface area contributed by atoms with E-state index in [1.807, 2.05) is 0 Å². The lowest BCUT2D eigenvalue weighted by atomic mass is 9.82. The number of aliphatic hydroxyl groups is 2. The normalized spacial score (nSPS) is 51.2. The number of Topliss-reactive ketones (excluding diaryl/α,β-unsaturated/α-hetero) is 1. The molecular formula is C10H2Cl8O3. The zero-order chi connectivity index (χ0) is 16.4. The molecule has 2 N–H and O–H groups in total. The quantitative estimate of drug-likeness (QED) is 0.435. The first-order chi connectivity index (χ1) is 9.29. The number of halogens is 8. The van der Waals surface area contributed by atoms with Crippen LogP contribution in [0.1, 0.15) is 0 Å². The van der Waals surface area contributed by atoms with Gasteiger partial charge in [0.15, 0.2) is 14.6 Å². The van der Waals surface area contributed by atoms with E-state index in [-0.39, 0.29) is 0 Å². The molecule has 4 atom stereocenters. The number of carbonyl (C=O) groups excluding carboxylic acids is 1. The van der Waals surface area contributed by atoms with Crippen molar-refractivity contribution in [1.29, 1.82) is 0 Å². The van der Waals surface area contributed by atoms with Crippen LogP contribution in [0.5, 0.6) is 0 Å². The predicted molar refractivity (Wildman–Crippen MR) is 84.0 cm³/mol. The van der Waals surface area contributed by atoms with Gasteiger partial charge in [-0.3, -0.25) is 4.79 Å². The summed E-state index contributed by atoms with van der Waals surface area (Å²) in [5.74, 6) is -4.09. The van der Waals surface area contributed by atoms with Crippen molar-refractivity contribution in [3.8, 4) is 0 Å². The molecule has 3 aliphatic rings. The van der Waals surface area contributed by atoms with Gasteiger partial charge in [-0.15, -0.1) is 46.4 Å². The lowest BCUT2D eigenvalue weighted by Crippen LogP contribution is -2.61. The van der Waals surface area contributed by atoms with Crippen LogP contribution in [-0.4, -0.2) is 41.3 Å². The second kappa shape index (κ2) is 4.13. The van der Waals surface area contributed by atoms with Crippen molar-refractivity contribution in [2.24, 2.45) is 0 Å². The van der Waals surface area contributed by atoms with Gasteiger partial charge in [0.1, 0.15) is 9.91 Å². The molecule has 1 fully saturated rings. The van der Waals surface area contributed by atoms with E-state index in [2.05, 4.69) is 0 Å². The van der Waals surface area contributed by atoms with Crippen LogP contribution in [0.15, 0.2) is 20.1 Å². The largest absolute Gasteiger partial charge is 0.362 e. The molecule has 0 aliphatic heterocycles. The fourth-order valence-corrected chi connectivity index (χ4v) is 7.18. The molecule has 0 radical (unpaired) electrons. The highest BCUT2D eigenvalue weighted by Gasteiger charge is 2.98. The molecule has 0 heterocycles. The van der Waals surface area contributed by atoms with Crippen molar-refractivity contribution < 1.29 is 15.0 Å². The van der Waals surface area contributed by atoms with Gasteiger partial charge in [-0.25, -0.2) is 0 Å². The van der Waals surface area contributed by atoms with E-state index in [4.69, 9.17) is 92.8 Å². The summed E-state index contributed by atoms with van der Waals surface area (Å²) in [7, 11) is 0. The minimum Gasteiger partial charge on any atom is -0.362 e. The summed E-state index contributed by atoms with van der Waals surface area (Å²) in [6.07, 6.45) is 0. The Morgan fingerprint density at radius 3 is 1.48 bits per heavy atom. The summed E-state index contributed by atoms with van der Waals surface area (Å²) >= 11 is 49.0. The van der Waals surface area contributed by atoms with Gasteiger partial charge in [-0.1, -0.05) is 46.4 Å². The third-order valence-corrected chi connectivity index (χ3v) is 9.71. The van der Waals surface area contributed by atoms with Crippen LogP contribution in [0.2, 0.25) is 0 Å². The molecule has 3 rings (SSSR count). The Bertz CT molecular complexity index is 686. The number of hydrogen-bond donors (Lipinski definition) is 2. The Hall–Kier alpha value is 1.39. The molecule has 0 aromatic rings. The molecule has 0 amide bonds. The number of ketones is 1. The highest BCUT2D eigenvalue weighted by molar-refractivity contribution is 6.70. The zero-order valence-corrected chi connectivity index (χ0v) is 15.4. The first kappa shape index (κ1) is 17.2. The van der Waals surface area contributed by atoms with Gasteiger partial charge in [0.05, 0.1) is 15.1 Å². The van der Waals surface area contributed by atoms with Crippen molar-refractivity contribution in [3.05, 3.63) is 20.1 Å². The molecular weight excluding hydrogens is 452 g/mol. The Kier molecular flexibility index (Phi) is 3.39. The van der Waals surface area contributed by atoms with Crippen LogP contribution in [0.25, 0.3) is 0 Å². The van der Waals surface area contributed by atoms with E-state index in [1.165, 1.54) is 0 Å². The molecule has 3 aliphatic carbocycles. The number of allylic oxidation sites excluding steroid dienone is 2. The molecule has 0 spiro atoms. The van der Waals surface area contributed by atoms with Crippen LogP contribution < -0.4 is 0 Å². The highest BCUT2D eigenvalue weighted by Crippen LogP contribution is 2.82. The molecule has 21 heavy (non-hydrogen) atoms. The number of alkyl halides is 4. The first-order valence-corrected chi connectivity index (χ1v) is 8.19. The molecule has 1 saturated carbocycles.